The molecule has 0 radical (unpaired) electrons. The summed E-state index contributed by atoms with van der Waals surface area (Å²) in [4.78, 5) is 0. The van der Waals surface area contributed by atoms with Crippen molar-refractivity contribution in [1.82, 2.24) is 0 Å². The molecule has 0 saturated carbocycles. The lowest BCUT2D eigenvalue weighted by Gasteiger charge is -2.20. The van der Waals surface area contributed by atoms with Crippen molar-refractivity contribution < 1.29 is 39.9 Å². The summed E-state index contributed by atoms with van der Waals surface area (Å²) in [6.07, 6.45) is -5.04. The van der Waals surface area contributed by atoms with Gasteiger partial charge in [-0.25, -0.2) is 13.2 Å². The highest BCUT2D eigenvalue weighted by atomic mass is 19.4. The molecule has 0 bridgehead atoms. The molecule has 0 aromatic heterocycles. The Balaban J connectivity index is 1.55. The van der Waals surface area contributed by atoms with Gasteiger partial charge < -0.3 is 4.74 Å². The van der Waals surface area contributed by atoms with E-state index in [0.29, 0.717) is 42.0 Å². The minimum atomic E-state index is -4.71. The highest BCUT2D eigenvalue weighted by Crippen LogP contribution is 2.39. The highest BCUT2D eigenvalue weighted by Gasteiger charge is 2.41. The lowest BCUT2D eigenvalue weighted by Crippen LogP contribution is -2.25. The highest BCUT2D eigenvalue weighted by molar-refractivity contribution is 5.71. The Morgan fingerprint density at radius 3 is 1.75 bits per heavy atom. The van der Waals surface area contributed by atoms with E-state index < -0.39 is 46.6 Å². The van der Waals surface area contributed by atoms with Gasteiger partial charge in [0.1, 0.15) is 28.8 Å². The Kier molecular flexibility index (Phi) is 8.51. The second kappa shape index (κ2) is 11.7. The van der Waals surface area contributed by atoms with E-state index in [2.05, 4.69) is 11.7 Å². The summed E-state index contributed by atoms with van der Waals surface area (Å²) in [5.41, 5.74) is -0.993. The number of benzene rings is 4. The molecule has 1 nitrogen and oxygen atoms in total. The summed E-state index contributed by atoms with van der Waals surface area (Å²) in [5.74, 6) is -4.98. The molecule has 0 aliphatic heterocycles. The van der Waals surface area contributed by atoms with Crippen LogP contribution < -0.4 is 4.74 Å². The average molecular weight is 565 g/mol. The predicted molar refractivity (Wildman–Crippen MR) is 136 cm³/mol. The van der Waals surface area contributed by atoms with Crippen LogP contribution in [0.1, 0.15) is 42.9 Å². The Morgan fingerprint density at radius 2 is 1.20 bits per heavy atom. The maximum Gasteiger partial charge on any atom is 0.432 e. The molecule has 9 heteroatoms. The van der Waals surface area contributed by atoms with Crippen LogP contribution in [0.4, 0.5) is 35.1 Å². The lowest BCUT2D eigenvalue weighted by molar-refractivity contribution is -0.189. The first kappa shape index (κ1) is 29.1. The van der Waals surface area contributed by atoms with Gasteiger partial charge >= 0.3 is 12.3 Å². The molecule has 4 rings (SSSR count). The van der Waals surface area contributed by atoms with Gasteiger partial charge in [-0.05, 0) is 77.6 Å². The molecule has 210 valence electrons. The summed E-state index contributed by atoms with van der Waals surface area (Å²) in [5, 5.41) is 0. The zero-order valence-electron chi connectivity index (χ0n) is 21.3. The number of alkyl halides is 5. The zero-order chi connectivity index (χ0) is 29.1. The molecule has 0 amide bonds. The Labute approximate surface area is 226 Å². The molecular weight excluding hydrogens is 540 g/mol. The quantitative estimate of drug-likeness (QED) is 0.145. The smallest absolute Gasteiger partial charge is 0.429 e. The van der Waals surface area contributed by atoms with E-state index in [9.17, 15) is 30.7 Å². The molecule has 0 aliphatic rings. The van der Waals surface area contributed by atoms with Gasteiger partial charge in [0.2, 0.25) is 0 Å². The molecule has 0 saturated heterocycles. The van der Waals surface area contributed by atoms with E-state index in [1.54, 1.807) is 6.07 Å². The topological polar surface area (TPSA) is 9.23 Å². The van der Waals surface area contributed by atoms with Gasteiger partial charge in [0, 0.05) is 5.56 Å². The maximum absolute atomic E-state index is 15.0. The van der Waals surface area contributed by atoms with Crippen molar-refractivity contribution in [2.24, 2.45) is 0 Å². The second-order valence-electron chi connectivity index (χ2n) is 9.30. The van der Waals surface area contributed by atoms with Crippen LogP contribution in [-0.2, 0) is 18.7 Å². The molecule has 0 spiro atoms. The van der Waals surface area contributed by atoms with Crippen molar-refractivity contribution in [2.75, 3.05) is 0 Å². The van der Waals surface area contributed by atoms with Crippen LogP contribution >= 0.6 is 0 Å². The van der Waals surface area contributed by atoms with Crippen molar-refractivity contribution in [2.45, 2.75) is 44.9 Å². The molecule has 40 heavy (non-hydrogen) atoms. The first-order valence-electron chi connectivity index (χ1n) is 12.5. The fourth-order valence-corrected chi connectivity index (χ4v) is 4.29. The molecule has 0 fully saturated rings. The summed E-state index contributed by atoms with van der Waals surface area (Å²) < 4.78 is 116. The molecular formula is C31H24F8O. The normalized spacial score (nSPS) is 12.0. The van der Waals surface area contributed by atoms with Gasteiger partial charge in [-0.3, -0.25) is 0 Å². The van der Waals surface area contributed by atoms with Gasteiger partial charge in [0.15, 0.2) is 0 Å². The van der Waals surface area contributed by atoms with Gasteiger partial charge in [-0.1, -0.05) is 56.2 Å². The minimum Gasteiger partial charge on any atom is -0.429 e. The van der Waals surface area contributed by atoms with Gasteiger partial charge in [0.05, 0.1) is 5.56 Å². The summed E-state index contributed by atoms with van der Waals surface area (Å²) in [7, 11) is 0. The number of hydrogen-bond donors (Lipinski definition) is 0. The molecule has 0 unspecified atom stereocenters. The van der Waals surface area contributed by atoms with E-state index in [4.69, 9.17) is 0 Å². The standard InChI is InChI=1S/C31H24F8O/c1-2-3-4-5-19-6-8-20(9-7-19)21-10-15-25(26(32)16-21)22-17-27(33)29(28(34)18-22)31(38,39)40-24-13-11-23(12-14-24)30(35,36)37/h6-18H,2-5H2,1H3. The number of halogens is 8. The molecule has 4 aromatic carbocycles. The largest absolute Gasteiger partial charge is 0.432 e. The summed E-state index contributed by atoms with van der Waals surface area (Å²) in [6, 6.07) is 14.9. The van der Waals surface area contributed by atoms with Gasteiger partial charge in [-0.15, -0.1) is 0 Å². The summed E-state index contributed by atoms with van der Waals surface area (Å²) in [6.45, 7) is 2.12. The van der Waals surface area contributed by atoms with E-state index in [1.165, 1.54) is 12.1 Å². The summed E-state index contributed by atoms with van der Waals surface area (Å²) >= 11 is 0. The molecule has 0 N–H and O–H groups in total. The second-order valence-corrected chi connectivity index (χ2v) is 9.30. The van der Waals surface area contributed by atoms with E-state index in [1.807, 2.05) is 24.3 Å². The average Bonchev–Trinajstić information content (AvgIpc) is 2.88. The lowest BCUT2D eigenvalue weighted by atomic mass is 9.97. The van der Waals surface area contributed by atoms with E-state index >= 15 is 4.39 Å². The fraction of sp³-hybridized carbons (Fsp3) is 0.226. The van der Waals surface area contributed by atoms with Gasteiger partial charge in [0.25, 0.3) is 0 Å². The monoisotopic (exact) mass is 564 g/mol. The van der Waals surface area contributed by atoms with Crippen LogP contribution in [0.15, 0.2) is 78.9 Å². The van der Waals surface area contributed by atoms with Crippen LogP contribution in [0.2, 0.25) is 0 Å². The first-order valence-corrected chi connectivity index (χ1v) is 12.5. The maximum atomic E-state index is 15.0. The number of rotatable bonds is 9. The van der Waals surface area contributed by atoms with Crippen molar-refractivity contribution in [1.29, 1.82) is 0 Å². The van der Waals surface area contributed by atoms with Crippen LogP contribution in [0, 0.1) is 17.5 Å². The number of unbranched alkanes of at least 4 members (excludes halogenated alkanes) is 2. The fourth-order valence-electron chi connectivity index (χ4n) is 4.29. The number of ether oxygens (including phenoxy) is 1. The third kappa shape index (κ3) is 6.63. The van der Waals surface area contributed by atoms with Crippen LogP contribution in [-0.4, -0.2) is 0 Å². The SMILES string of the molecule is CCCCCc1ccc(-c2ccc(-c3cc(F)c(C(F)(F)Oc4ccc(C(F)(F)F)cc4)c(F)c3)c(F)c2)cc1. The Hall–Kier alpha value is -3.88. The van der Waals surface area contributed by atoms with Crippen LogP contribution in [0.3, 0.4) is 0 Å². The van der Waals surface area contributed by atoms with E-state index in [0.717, 1.165) is 36.8 Å². The number of aryl methyl sites for hydroxylation is 1. The predicted octanol–water partition coefficient (Wildman–Crippen LogP) is 10.3. The minimum absolute atomic E-state index is 0.212. The molecule has 0 atom stereocenters. The van der Waals surface area contributed by atoms with Crippen molar-refractivity contribution in [3.8, 4) is 28.0 Å². The third-order valence-electron chi connectivity index (χ3n) is 6.40. The number of hydrogen-bond acceptors (Lipinski definition) is 1. The van der Waals surface area contributed by atoms with Crippen molar-refractivity contribution in [3.05, 3.63) is 113 Å². The van der Waals surface area contributed by atoms with Crippen molar-refractivity contribution in [3.63, 3.8) is 0 Å². The van der Waals surface area contributed by atoms with Crippen LogP contribution in [0.25, 0.3) is 22.3 Å². The van der Waals surface area contributed by atoms with Crippen LogP contribution in [0.5, 0.6) is 5.75 Å². The van der Waals surface area contributed by atoms with Crippen molar-refractivity contribution >= 4 is 0 Å². The Bertz CT molecular complexity index is 1440. The zero-order valence-corrected chi connectivity index (χ0v) is 21.3. The molecule has 0 heterocycles. The van der Waals surface area contributed by atoms with Gasteiger partial charge in [-0.2, -0.15) is 22.0 Å². The van der Waals surface area contributed by atoms with E-state index in [-0.39, 0.29) is 11.1 Å². The molecule has 0 aliphatic carbocycles. The molecule has 4 aromatic rings. The Morgan fingerprint density at radius 1 is 0.625 bits per heavy atom. The third-order valence-corrected chi connectivity index (χ3v) is 6.40. The first-order chi connectivity index (χ1) is 18.9.